The minimum absolute atomic E-state index is 0.163. The van der Waals surface area contributed by atoms with Gasteiger partial charge in [0.1, 0.15) is 0 Å². The maximum absolute atomic E-state index is 11.8. The van der Waals surface area contributed by atoms with E-state index in [0.717, 1.165) is 6.26 Å². The smallest absolute Gasteiger partial charge is 0.251 e. The average Bonchev–Trinajstić information content (AvgIpc) is 2.45. The lowest BCUT2D eigenvalue weighted by Gasteiger charge is -2.05. The van der Waals surface area contributed by atoms with Crippen molar-refractivity contribution in [3.63, 3.8) is 0 Å². The van der Waals surface area contributed by atoms with Crippen LogP contribution in [0.5, 0.6) is 0 Å². The van der Waals surface area contributed by atoms with Crippen molar-refractivity contribution in [2.75, 3.05) is 6.26 Å². The van der Waals surface area contributed by atoms with Gasteiger partial charge in [-0.3, -0.25) is 9.78 Å². The number of hydrogen-bond acceptors (Lipinski definition) is 4. The summed E-state index contributed by atoms with van der Waals surface area (Å²) in [5, 5.41) is 2.72. The molecule has 0 unspecified atom stereocenters. The van der Waals surface area contributed by atoms with Crippen molar-refractivity contribution in [1.82, 2.24) is 10.3 Å². The molecule has 2 rings (SSSR count). The van der Waals surface area contributed by atoms with Crippen molar-refractivity contribution in [3.8, 4) is 0 Å². The Labute approximate surface area is 117 Å². The number of hydrogen-bond donors (Lipinski definition) is 1. The van der Waals surface area contributed by atoms with E-state index in [2.05, 4.69) is 10.3 Å². The zero-order valence-corrected chi connectivity index (χ0v) is 11.7. The van der Waals surface area contributed by atoms with Crippen LogP contribution in [-0.2, 0) is 16.4 Å². The molecular weight excluding hydrogens is 276 g/mol. The van der Waals surface area contributed by atoms with Gasteiger partial charge in [-0.2, -0.15) is 0 Å². The second-order valence-electron chi connectivity index (χ2n) is 4.31. The van der Waals surface area contributed by atoms with Crippen LogP contribution < -0.4 is 5.32 Å². The number of carbonyl (C=O) groups is 1. The van der Waals surface area contributed by atoms with Crippen LogP contribution in [-0.4, -0.2) is 25.6 Å². The minimum Gasteiger partial charge on any atom is -0.346 e. The third-order valence-electron chi connectivity index (χ3n) is 2.69. The van der Waals surface area contributed by atoms with Gasteiger partial charge >= 0.3 is 0 Å². The van der Waals surface area contributed by atoms with Gasteiger partial charge in [-0.05, 0) is 24.3 Å². The molecule has 0 aliphatic carbocycles. The molecule has 104 valence electrons. The first kappa shape index (κ1) is 14.2. The number of benzene rings is 1. The first-order valence-corrected chi connectivity index (χ1v) is 7.84. The molecule has 1 N–H and O–H groups in total. The average molecular weight is 290 g/mol. The molecule has 1 aromatic heterocycles. The van der Waals surface area contributed by atoms with E-state index in [1.165, 1.54) is 12.3 Å². The zero-order valence-electron chi connectivity index (χ0n) is 10.9. The van der Waals surface area contributed by atoms with E-state index >= 15 is 0 Å². The van der Waals surface area contributed by atoms with Crippen LogP contribution in [0.2, 0.25) is 0 Å². The van der Waals surface area contributed by atoms with Crippen molar-refractivity contribution in [2.24, 2.45) is 0 Å². The summed E-state index contributed by atoms with van der Waals surface area (Å²) in [6.07, 6.45) is 2.42. The normalized spacial score (nSPS) is 11.1. The summed E-state index contributed by atoms with van der Waals surface area (Å²) in [4.78, 5) is 16.0. The van der Waals surface area contributed by atoms with Crippen LogP contribution in [0.3, 0.4) is 0 Å². The maximum Gasteiger partial charge on any atom is 0.251 e. The Morgan fingerprint density at radius 3 is 2.40 bits per heavy atom. The molecule has 1 amide bonds. The highest BCUT2D eigenvalue weighted by atomic mass is 32.2. The topological polar surface area (TPSA) is 76.1 Å². The van der Waals surface area contributed by atoms with Gasteiger partial charge in [-0.25, -0.2) is 8.42 Å². The van der Waals surface area contributed by atoms with E-state index in [4.69, 9.17) is 0 Å². The van der Waals surface area contributed by atoms with E-state index in [1.807, 2.05) is 6.07 Å². The maximum atomic E-state index is 11.8. The van der Waals surface area contributed by atoms with Crippen molar-refractivity contribution in [2.45, 2.75) is 11.4 Å². The SMILES string of the molecule is CS(=O)(=O)c1ccc(CNC(=O)c2ccccc2)nc1. The van der Waals surface area contributed by atoms with Gasteiger partial charge in [-0.15, -0.1) is 0 Å². The molecule has 20 heavy (non-hydrogen) atoms. The van der Waals surface area contributed by atoms with Gasteiger partial charge in [0, 0.05) is 18.0 Å². The lowest BCUT2D eigenvalue weighted by atomic mass is 10.2. The third kappa shape index (κ3) is 3.64. The van der Waals surface area contributed by atoms with Gasteiger partial charge in [0.05, 0.1) is 17.1 Å². The predicted molar refractivity (Wildman–Crippen MR) is 75.0 cm³/mol. The number of carbonyl (C=O) groups excluding carboxylic acids is 1. The Morgan fingerprint density at radius 2 is 1.85 bits per heavy atom. The predicted octanol–water partition coefficient (Wildman–Crippen LogP) is 1.42. The summed E-state index contributed by atoms with van der Waals surface area (Å²) in [7, 11) is -3.24. The Bertz CT molecular complexity index is 695. The minimum atomic E-state index is -3.24. The summed E-state index contributed by atoms with van der Waals surface area (Å²) in [5.41, 5.74) is 1.17. The molecular formula is C14H14N2O3S. The van der Waals surface area contributed by atoms with Crippen molar-refractivity contribution in [3.05, 3.63) is 59.9 Å². The highest BCUT2D eigenvalue weighted by Gasteiger charge is 2.08. The van der Waals surface area contributed by atoms with Crippen LogP contribution in [0.1, 0.15) is 16.1 Å². The monoisotopic (exact) mass is 290 g/mol. The molecule has 1 heterocycles. The fourth-order valence-electron chi connectivity index (χ4n) is 1.60. The summed E-state index contributed by atoms with van der Waals surface area (Å²) in [6, 6.07) is 11.9. The third-order valence-corrected chi connectivity index (χ3v) is 3.79. The molecule has 2 aromatic rings. The van der Waals surface area contributed by atoms with Crippen LogP contribution >= 0.6 is 0 Å². The van der Waals surface area contributed by atoms with Crippen molar-refractivity contribution in [1.29, 1.82) is 0 Å². The first-order valence-electron chi connectivity index (χ1n) is 5.95. The molecule has 6 heteroatoms. The fourth-order valence-corrected chi connectivity index (χ4v) is 2.16. The van der Waals surface area contributed by atoms with Crippen LogP contribution in [0, 0.1) is 0 Å². The lowest BCUT2D eigenvalue weighted by molar-refractivity contribution is 0.0950. The lowest BCUT2D eigenvalue weighted by Crippen LogP contribution is -2.23. The van der Waals surface area contributed by atoms with E-state index in [9.17, 15) is 13.2 Å². The van der Waals surface area contributed by atoms with Gasteiger partial charge < -0.3 is 5.32 Å². The number of amides is 1. The number of pyridine rings is 1. The summed E-state index contributed by atoms with van der Waals surface area (Å²) in [5.74, 6) is -0.195. The van der Waals surface area contributed by atoms with Crippen LogP contribution in [0.25, 0.3) is 0 Å². The number of nitrogens with zero attached hydrogens (tertiary/aromatic N) is 1. The van der Waals surface area contributed by atoms with Crippen molar-refractivity contribution < 1.29 is 13.2 Å². The van der Waals surface area contributed by atoms with Gasteiger partial charge in [0.2, 0.25) is 0 Å². The van der Waals surface area contributed by atoms with Gasteiger partial charge in [-0.1, -0.05) is 18.2 Å². The first-order chi connectivity index (χ1) is 9.47. The number of nitrogens with one attached hydrogen (secondary N) is 1. The summed E-state index contributed by atoms with van der Waals surface area (Å²) >= 11 is 0. The fraction of sp³-hybridized carbons (Fsp3) is 0.143. The number of aromatic nitrogens is 1. The van der Waals surface area contributed by atoms with E-state index < -0.39 is 9.84 Å². The van der Waals surface area contributed by atoms with Gasteiger partial charge in [0.25, 0.3) is 5.91 Å². The van der Waals surface area contributed by atoms with E-state index in [1.54, 1.807) is 30.3 Å². The molecule has 0 spiro atoms. The molecule has 0 aliphatic rings. The van der Waals surface area contributed by atoms with E-state index in [-0.39, 0.29) is 17.3 Å². The van der Waals surface area contributed by atoms with E-state index in [0.29, 0.717) is 11.3 Å². The molecule has 0 fully saturated rings. The second kappa shape index (κ2) is 5.83. The van der Waals surface area contributed by atoms with Crippen molar-refractivity contribution >= 4 is 15.7 Å². The highest BCUT2D eigenvalue weighted by molar-refractivity contribution is 7.90. The standard InChI is InChI=1S/C14H14N2O3S/c1-20(18,19)13-8-7-12(15-10-13)9-16-14(17)11-5-3-2-4-6-11/h2-8,10H,9H2,1H3,(H,16,17). The molecule has 0 saturated carbocycles. The molecule has 0 atom stereocenters. The largest absolute Gasteiger partial charge is 0.346 e. The Kier molecular flexibility index (Phi) is 4.14. The van der Waals surface area contributed by atoms with Gasteiger partial charge in [0.15, 0.2) is 9.84 Å². The number of sulfone groups is 1. The molecule has 0 radical (unpaired) electrons. The molecule has 0 aliphatic heterocycles. The Balaban J connectivity index is 2.00. The highest BCUT2D eigenvalue weighted by Crippen LogP contribution is 2.07. The quantitative estimate of drug-likeness (QED) is 0.924. The Morgan fingerprint density at radius 1 is 1.15 bits per heavy atom. The number of rotatable bonds is 4. The summed E-state index contributed by atoms with van der Waals surface area (Å²) < 4.78 is 22.6. The summed E-state index contributed by atoms with van der Waals surface area (Å²) in [6.45, 7) is 0.248. The second-order valence-corrected chi connectivity index (χ2v) is 6.32. The molecule has 5 nitrogen and oxygen atoms in total. The molecule has 1 aromatic carbocycles. The zero-order chi connectivity index (χ0) is 14.6. The Hall–Kier alpha value is -2.21. The molecule has 0 bridgehead atoms. The van der Waals surface area contributed by atoms with Crippen LogP contribution in [0.15, 0.2) is 53.6 Å². The van der Waals surface area contributed by atoms with Crippen LogP contribution in [0.4, 0.5) is 0 Å². The molecule has 0 saturated heterocycles.